The van der Waals surface area contributed by atoms with Crippen LogP contribution in [-0.4, -0.2) is 43.6 Å². The summed E-state index contributed by atoms with van der Waals surface area (Å²) in [5, 5.41) is 5.99. The molecule has 0 aliphatic carbocycles. The van der Waals surface area contributed by atoms with Gasteiger partial charge in [0, 0.05) is 19.6 Å². The molecule has 3 amide bonds. The number of likely N-dealkylation sites (tertiary alicyclic amines) is 1. The highest BCUT2D eigenvalue weighted by molar-refractivity contribution is 5.81. The number of amides is 3. The molecule has 2 aromatic rings. The molecule has 2 N–H and O–H groups in total. The Morgan fingerprint density at radius 2 is 1.76 bits per heavy atom. The number of hydrogen-bond donors (Lipinski definition) is 2. The van der Waals surface area contributed by atoms with E-state index < -0.39 is 0 Å². The highest BCUT2D eigenvalue weighted by atomic mass is 19.1. The Bertz CT molecular complexity index is 902. The SMILES string of the molecule is CCCCNC(=O)N1C[C@H](C(=O)NCCc2ccc(OC)cc2)CC[C@H]1c1ccc(F)cc1. The van der Waals surface area contributed by atoms with Crippen molar-refractivity contribution in [2.75, 3.05) is 26.7 Å². The Morgan fingerprint density at radius 1 is 1.03 bits per heavy atom. The van der Waals surface area contributed by atoms with Crippen LogP contribution in [0, 0.1) is 11.7 Å². The first-order chi connectivity index (χ1) is 16.0. The Morgan fingerprint density at radius 3 is 2.42 bits per heavy atom. The predicted molar refractivity (Wildman–Crippen MR) is 127 cm³/mol. The summed E-state index contributed by atoms with van der Waals surface area (Å²) in [5.74, 6) is 0.197. The fraction of sp³-hybridized carbons (Fsp3) is 0.462. The van der Waals surface area contributed by atoms with E-state index in [1.165, 1.54) is 12.1 Å². The Balaban J connectivity index is 1.60. The van der Waals surface area contributed by atoms with Gasteiger partial charge in [0.25, 0.3) is 0 Å². The van der Waals surface area contributed by atoms with E-state index in [0.717, 1.165) is 36.1 Å². The standard InChI is InChI=1S/C26H34FN3O3/c1-3-4-16-29-26(32)30-18-21(9-14-24(30)20-7-10-22(27)11-8-20)25(31)28-17-15-19-5-12-23(33-2)13-6-19/h5-8,10-13,21,24H,3-4,9,14-18H2,1-2H3,(H,28,31)(H,29,32)/t21-,24+/m1/s1. The maximum atomic E-state index is 13.4. The molecule has 6 nitrogen and oxygen atoms in total. The van der Waals surface area contributed by atoms with Crippen molar-refractivity contribution >= 4 is 11.9 Å². The number of nitrogens with one attached hydrogen (secondary N) is 2. The third kappa shape index (κ3) is 6.94. The summed E-state index contributed by atoms with van der Waals surface area (Å²) < 4.78 is 18.6. The van der Waals surface area contributed by atoms with E-state index in [-0.39, 0.29) is 29.7 Å². The smallest absolute Gasteiger partial charge is 0.317 e. The van der Waals surface area contributed by atoms with Crippen LogP contribution in [0.5, 0.6) is 5.75 Å². The summed E-state index contributed by atoms with van der Waals surface area (Å²) in [4.78, 5) is 27.5. The lowest BCUT2D eigenvalue weighted by Crippen LogP contribution is -2.50. The fourth-order valence-corrected chi connectivity index (χ4v) is 4.18. The van der Waals surface area contributed by atoms with Crippen molar-refractivity contribution in [3.05, 3.63) is 65.5 Å². The first-order valence-electron chi connectivity index (χ1n) is 11.7. The van der Waals surface area contributed by atoms with Gasteiger partial charge in [-0.3, -0.25) is 4.79 Å². The van der Waals surface area contributed by atoms with Gasteiger partial charge in [0.2, 0.25) is 5.91 Å². The highest BCUT2D eigenvalue weighted by Gasteiger charge is 2.35. The lowest BCUT2D eigenvalue weighted by Gasteiger charge is -2.39. The second-order valence-corrected chi connectivity index (χ2v) is 8.47. The first-order valence-corrected chi connectivity index (χ1v) is 11.7. The number of nitrogens with zero attached hydrogens (tertiary/aromatic N) is 1. The average molecular weight is 456 g/mol. The van der Waals surface area contributed by atoms with E-state index in [0.29, 0.717) is 32.5 Å². The number of rotatable bonds is 9. The molecule has 0 bridgehead atoms. The summed E-state index contributed by atoms with van der Waals surface area (Å²) in [5.41, 5.74) is 2.01. The van der Waals surface area contributed by atoms with Crippen LogP contribution in [0.3, 0.4) is 0 Å². The van der Waals surface area contributed by atoms with Crippen LogP contribution in [0.2, 0.25) is 0 Å². The Labute approximate surface area is 195 Å². The van der Waals surface area contributed by atoms with Gasteiger partial charge < -0.3 is 20.3 Å². The van der Waals surface area contributed by atoms with Gasteiger partial charge in [-0.25, -0.2) is 9.18 Å². The molecule has 33 heavy (non-hydrogen) atoms. The zero-order valence-corrected chi connectivity index (χ0v) is 19.5. The molecule has 0 spiro atoms. The monoisotopic (exact) mass is 455 g/mol. The highest BCUT2D eigenvalue weighted by Crippen LogP contribution is 2.33. The second-order valence-electron chi connectivity index (χ2n) is 8.47. The minimum absolute atomic E-state index is 0.0348. The van der Waals surface area contributed by atoms with E-state index in [1.807, 2.05) is 24.3 Å². The number of ether oxygens (including phenoxy) is 1. The third-order valence-electron chi connectivity index (χ3n) is 6.15. The molecule has 1 heterocycles. The lowest BCUT2D eigenvalue weighted by atomic mass is 9.88. The van der Waals surface area contributed by atoms with E-state index in [2.05, 4.69) is 17.6 Å². The molecule has 1 aliphatic rings. The number of unbranched alkanes of at least 4 members (excludes halogenated alkanes) is 1. The second kappa shape index (κ2) is 12.2. The third-order valence-corrected chi connectivity index (χ3v) is 6.15. The molecule has 2 aromatic carbocycles. The van der Waals surface area contributed by atoms with Crippen molar-refractivity contribution in [2.24, 2.45) is 5.92 Å². The van der Waals surface area contributed by atoms with E-state index >= 15 is 0 Å². The van der Waals surface area contributed by atoms with Crippen molar-refractivity contribution < 1.29 is 18.7 Å². The van der Waals surface area contributed by atoms with E-state index in [9.17, 15) is 14.0 Å². The fourth-order valence-electron chi connectivity index (χ4n) is 4.18. The van der Waals surface area contributed by atoms with Crippen LogP contribution in [0.1, 0.15) is 49.8 Å². The Kier molecular flexibility index (Phi) is 9.10. The summed E-state index contributed by atoms with van der Waals surface area (Å²) in [7, 11) is 1.63. The summed E-state index contributed by atoms with van der Waals surface area (Å²) >= 11 is 0. The predicted octanol–water partition coefficient (Wildman–Crippen LogP) is 4.46. The molecule has 1 fully saturated rings. The van der Waals surface area contributed by atoms with Crippen molar-refractivity contribution in [2.45, 2.75) is 45.1 Å². The normalized spacial score (nSPS) is 18.0. The maximum absolute atomic E-state index is 13.4. The number of carbonyl (C=O) groups excluding carboxylic acids is 2. The van der Waals surface area contributed by atoms with Crippen molar-refractivity contribution in [1.29, 1.82) is 0 Å². The molecular formula is C26H34FN3O3. The molecule has 7 heteroatoms. The zero-order chi connectivity index (χ0) is 23.6. The lowest BCUT2D eigenvalue weighted by molar-refractivity contribution is -0.126. The van der Waals surface area contributed by atoms with Gasteiger partial charge in [-0.2, -0.15) is 0 Å². The van der Waals surface area contributed by atoms with Crippen LogP contribution < -0.4 is 15.4 Å². The van der Waals surface area contributed by atoms with Crippen LogP contribution in [0.4, 0.5) is 9.18 Å². The van der Waals surface area contributed by atoms with Gasteiger partial charge in [-0.1, -0.05) is 37.6 Å². The van der Waals surface area contributed by atoms with Gasteiger partial charge in [0.1, 0.15) is 11.6 Å². The number of halogens is 1. The molecule has 1 aliphatic heterocycles. The maximum Gasteiger partial charge on any atom is 0.317 e. The first kappa shape index (κ1) is 24.6. The number of benzene rings is 2. The molecule has 1 saturated heterocycles. The van der Waals surface area contributed by atoms with E-state index in [4.69, 9.17) is 4.74 Å². The van der Waals surface area contributed by atoms with Gasteiger partial charge in [0.05, 0.1) is 19.1 Å². The number of methoxy groups -OCH3 is 1. The minimum atomic E-state index is -0.303. The molecule has 0 saturated carbocycles. The van der Waals surface area contributed by atoms with Crippen LogP contribution in [-0.2, 0) is 11.2 Å². The molecule has 0 aromatic heterocycles. The Hall–Kier alpha value is -3.09. The molecule has 3 rings (SSSR count). The number of piperidine rings is 1. The van der Waals surface area contributed by atoms with Crippen molar-refractivity contribution in [3.63, 3.8) is 0 Å². The summed E-state index contributed by atoms with van der Waals surface area (Å²) in [6.45, 7) is 3.54. The van der Waals surface area contributed by atoms with Crippen molar-refractivity contribution in [1.82, 2.24) is 15.5 Å². The van der Waals surface area contributed by atoms with Gasteiger partial charge in [-0.05, 0) is 61.1 Å². The zero-order valence-electron chi connectivity index (χ0n) is 19.5. The number of urea groups is 1. The number of hydrogen-bond acceptors (Lipinski definition) is 3. The van der Waals surface area contributed by atoms with Crippen LogP contribution >= 0.6 is 0 Å². The molecule has 2 atom stereocenters. The van der Waals surface area contributed by atoms with Crippen molar-refractivity contribution in [3.8, 4) is 5.75 Å². The average Bonchev–Trinajstić information content (AvgIpc) is 2.84. The topological polar surface area (TPSA) is 70.7 Å². The molecule has 178 valence electrons. The van der Waals surface area contributed by atoms with E-state index in [1.54, 1.807) is 24.1 Å². The molecular weight excluding hydrogens is 421 g/mol. The van der Waals surface area contributed by atoms with Gasteiger partial charge >= 0.3 is 6.03 Å². The molecule has 0 radical (unpaired) electrons. The van der Waals surface area contributed by atoms with Gasteiger partial charge in [-0.15, -0.1) is 0 Å². The minimum Gasteiger partial charge on any atom is -0.497 e. The quantitative estimate of drug-likeness (QED) is 0.549. The summed E-state index contributed by atoms with van der Waals surface area (Å²) in [6.07, 6.45) is 3.94. The van der Waals surface area contributed by atoms with Crippen LogP contribution in [0.15, 0.2) is 48.5 Å². The number of carbonyl (C=O) groups is 2. The molecule has 0 unspecified atom stereocenters. The largest absolute Gasteiger partial charge is 0.497 e. The van der Waals surface area contributed by atoms with Gasteiger partial charge in [0.15, 0.2) is 0 Å². The summed E-state index contributed by atoms with van der Waals surface area (Å²) in [6, 6.07) is 13.7. The van der Waals surface area contributed by atoms with Crippen LogP contribution in [0.25, 0.3) is 0 Å².